The molecule has 4 nitrogen and oxygen atoms in total. The zero-order chi connectivity index (χ0) is 14.1. The Bertz CT molecular complexity index is 815. The molecule has 0 aliphatic rings. The second-order valence-corrected chi connectivity index (χ2v) is 4.27. The Kier molecular flexibility index (Phi) is 2.57. The first-order valence-corrected chi connectivity index (χ1v) is 5.90. The lowest BCUT2D eigenvalue weighted by molar-refractivity contribution is 0.220. The Labute approximate surface area is 110 Å². The molecule has 1 heterocycles. The van der Waals surface area contributed by atoms with E-state index in [2.05, 4.69) is 4.98 Å². The minimum Gasteiger partial charge on any atom is -0.384 e. The number of aromatic nitrogens is 2. The van der Waals surface area contributed by atoms with Crippen molar-refractivity contribution in [2.24, 2.45) is 0 Å². The fraction of sp³-hybridized carbons (Fsp3) is 0.0667. The number of rotatable bonds is 2. The van der Waals surface area contributed by atoms with Gasteiger partial charge in [0.2, 0.25) is 0 Å². The number of H-pyrrole nitrogens is 1. The highest BCUT2D eigenvalue weighted by atomic mass is 16.3. The quantitative estimate of drug-likeness (QED) is 0.734. The van der Waals surface area contributed by atoms with Crippen molar-refractivity contribution in [3.05, 3.63) is 76.3 Å². The van der Waals surface area contributed by atoms with Crippen LogP contribution in [0.15, 0.2) is 59.7 Å². The number of nitrogens with zero attached hydrogens (tertiary/aromatic N) is 1. The highest BCUT2D eigenvalue weighted by Crippen LogP contribution is 2.23. The van der Waals surface area contributed by atoms with Gasteiger partial charge in [-0.3, -0.25) is 4.79 Å². The summed E-state index contributed by atoms with van der Waals surface area (Å²) in [4.78, 5) is 16.6. The lowest BCUT2D eigenvalue weighted by Gasteiger charge is -2.11. The molecule has 2 aromatic carbocycles. The Morgan fingerprint density at radius 1 is 1.16 bits per heavy atom. The van der Waals surface area contributed by atoms with Crippen LogP contribution in [0.5, 0.6) is 0 Å². The third kappa shape index (κ3) is 2.13. The third-order valence-electron chi connectivity index (χ3n) is 3.05. The SMILES string of the molecule is [2H]n1cnc2ccc(C(O)c3ccccc3)cc2c1=O. The summed E-state index contributed by atoms with van der Waals surface area (Å²) in [5, 5.41) is 10.7. The van der Waals surface area contributed by atoms with Gasteiger partial charge < -0.3 is 10.1 Å². The predicted octanol–water partition coefficient (Wildman–Crippen LogP) is 2.00. The predicted molar refractivity (Wildman–Crippen MR) is 72.9 cm³/mol. The number of aliphatic hydroxyl groups is 1. The lowest BCUT2D eigenvalue weighted by atomic mass is 10.0. The minimum absolute atomic E-state index is 0.329. The molecule has 94 valence electrons. The Balaban J connectivity index is 2.14. The molecule has 0 aliphatic heterocycles. The maximum absolute atomic E-state index is 11.9. The van der Waals surface area contributed by atoms with Gasteiger partial charge in [0.05, 0.1) is 17.2 Å². The lowest BCUT2D eigenvalue weighted by Crippen LogP contribution is -2.07. The summed E-state index contributed by atoms with van der Waals surface area (Å²) in [5.74, 6) is 0. The van der Waals surface area contributed by atoms with Crippen molar-refractivity contribution in [1.29, 1.82) is 0 Å². The number of benzene rings is 2. The van der Waals surface area contributed by atoms with Crippen LogP contribution in [0, 0.1) is 0 Å². The average Bonchev–Trinajstić information content (AvgIpc) is 2.51. The second kappa shape index (κ2) is 4.66. The van der Waals surface area contributed by atoms with Gasteiger partial charge in [0.25, 0.3) is 5.56 Å². The van der Waals surface area contributed by atoms with E-state index < -0.39 is 11.7 Å². The van der Waals surface area contributed by atoms with Crippen molar-refractivity contribution in [3.8, 4) is 0 Å². The molecular formula is C15H12N2O2. The van der Waals surface area contributed by atoms with E-state index >= 15 is 0 Å². The molecule has 0 saturated carbocycles. The van der Waals surface area contributed by atoms with Gasteiger partial charge in [-0.1, -0.05) is 36.4 Å². The Hall–Kier alpha value is -2.46. The largest absolute Gasteiger partial charge is 0.384 e. The van der Waals surface area contributed by atoms with Gasteiger partial charge in [0.1, 0.15) is 6.10 Å². The van der Waals surface area contributed by atoms with Crippen LogP contribution in [0.2, 0.25) is 1.41 Å². The van der Waals surface area contributed by atoms with Gasteiger partial charge in [-0.2, -0.15) is 0 Å². The molecule has 0 spiro atoms. The van der Waals surface area contributed by atoms with Gasteiger partial charge in [-0.05, 0) is 23.3 Å². The number of hydrogen-bond acceptors (Lipinski definition) is 3. The molecule has 4 heteroatoms. The van der Waals surface area contributed by atoms with Crippen molar-refractivity contribution in [3.63, 3.8) is 0 Å². The van der Waals surface area contributed by atoms with E-state index in [0.29, 0.717) is 21.4 Å². The molecule has 1 unspecified atom stereocenters. The molecule has 3 aromatic rings. The third-order valence-corrected chi connectivity index (χ3v) is 3.05. The van der Waals surface area contributed by atoms with E-state index in [-0.39, 0.29) is 0 Å². The van der Waals surface area contributed by atoms with Crippen LogP contribution in [0.3, 0.4) is 0 Å². The number of nitrogens with one attached hydrogen (secondary N) is 1. The number of aliphatic hydroxyl groups excluding tert-OH is 1. The summed E-state index contributed by atoms with van der Waals surface area (Å²) in [6.45, 7) is 0. The molecule has 1 atom stereocenters. The van der Waals surface area contributed by atoms with Crippen LogP contribution < -0.4 is 5.56 Å². The van der Waals surface area contributed by atoms with Crippen LogP contribution in [-0.4, -0.2) is 15.1 Å². The molecule has 0 bridgehead atoms. The molecule has 0 fully saturated rings. The molecule has 3 rings (SSSR count). The molecular weight excluding hydrogens is 240 g/mol. The Morgan fingerprint density at radius 3 is 2.74 bits per heavy atom. The fourth-order valence-electron chi connectivity index (χ4n) is 2.05. The Morgan fingerprint density at radius 2 is 1.95 bits per heavy atom. The summed E-state index contributed by atoms with van der Waals surface area (Å²) in [6.07, 6.45) is 0.359. The first-order valence-electron chi connectivity index (χ1n) is 6.35. The molecule has 0 amide bonds. The fourth-order valence-corrected chi connectivity index (χ4v) is 2.05. The molecule has 0 radical (unpaired) electrons. The monoisotopic (exact) mass is 253 g/mol. The smallest absolute Gasteiger partial charge is 0.258 e. The van der Waals surface area contributed by atoms with Crippen LogP contribution in [0.1, 0.15) is 17.2 Å². The summed E-state index contributed by atoms with van der Waals surface area (Å²) in [5.41, 5.74) is 1.43. The molecule has 0 saturated heterocycles. The van der Waals surface area contributed by atoms with Gasteiger partial charge >= 0.3 is 0 Å². The highest BCUT2D eigenvalue weighted by molar-refractivity contribution is 5.78. The average molecular weight is 253 g/mol. The van der Waals surface area contributed by atoms with Gasteiger partial charge in [-0.25, -0.2) is 4.98 Å². The van der Waals surface area contributed by atoms with Crippen molar-refractivity contribution < 1.29 is 6.52 Å². The van der Waals surface area contributed by atoms with Gasteiger partial charge in [0, 0.05) is 0 Å². The van der Waals surface area contributed by atoms with Crippen LogP contribution in [-0.2, 0) is 0 Å². The van der Waals surface area contributed by atoms with Crippen molar-refractivity contribution in [2.45, 2.75) is 6.10 Å². The van der Waals surface area contributed by atoms with Crippen LogP contribution in [0.4, 0.5) is 0 Å². The zero-order valence-corrected chi connectivity index (χ0v) is 10.0. The van der Waals surface area contributed by atoms with Crippen molar-refractivity contribution >= 4 is 10.9 Å². The van der Waals surface area contributed by atoms with Crippen molar-refractivity contribution in [2.75, 3.05) is 0 Å². The second-order valence-electron chi connectivity index (χ2n) is 4.27. The van der Waals surface area contributed by atoms with Crippen molar-refractivity contribution in [1.82, 2.24) is 9.96 Å². The standard InChI is InChI=1S/C15H12N2O2/c18-14(10-4-2-1-3-5-10)11-6-7-13-12(8-11)15(19)17-9-16-13/h1-9,14,18H,(H,16,17,19)/i/hD. The maximum atomic E-state index is 11.9. The number of fused-ring (bicyclic) bond motifs is 1. The first-order chi connectivity index (χ1) is 9.66. The number of aromatic amines is 1. The van der Waals surface area contributed by atoms with Gasteiger partial charge in [0.15, 0.2) is 1.41 Å². The van der Waals surface area contributed by atoms with Crippen LogP contribution in [0.25, 0.3) is 10.9 Å². The van der Waals surface area contributed by atoms with E-state index in [9.17, 15) is 9.90 Å². The zero-order valence-electron chi connectivity index (χ0n) is 11.0. The minimum atomic E-state index is -0.806. The van der Waals surface area contributed by atoms with E-state index in [1.54, 1.807) is 18.2 Å². The highest BCUT2D eigenvalue weighted by Gasteiger charge is 2.11. The normalized spacial score (nSPS) is 13.2. The van der Waals surface area contributed by atoms with E-state index in [1.807, 2.05) is 30.3 Å². The summed E-state index contributed by atoms with van der Waals surface area (Å²) in [7, 11) is 0. The maximum Gasteiger partial charge on any atom is 0.258 e. The van der Waals surface area contributed by atoms with Gasteiger partial charge in [-0.15, -0.1) is 0 Å². The van der Waals surface area contributed by atoms with E-state index in [1.165, 1.54) is 0 Å². The summed E-state index contributed by atoms with van der Waals surface area (Å²) >= 11 is 0. The molecule has 0 aliphatic carbocycles. The van der Waals surface area contributed by atoms with E-state index in [0.717, 1.165) is 11.9 Å². The molecule has 1 aromatic heterocycles. The molecule has 2 N–H and O–H groups in total. The van der Waals surface area contributed by atoms with Crippen LogP contribution >= 0.6 is 0 Å². The van der Waals surface area contributed by atoms with E-state index in [4.69, 9.17) is 1.41 Å². The summed E-state index contributed by atoms with van der Waals surface area (Å²) in [6, 6.07) is 14.2. The first kappa shape index (κ1) is 10.5. The topological polar surface area (TPSA) is 66.0 Å². The summed E-state index contributed by atoms with van der Waals surface area (Å²) < 4.78 is 7.42. The number of hydrogen-bond donors (Lipinski definition) is 2. The molecule has 19 heavy (non-hydrogen) atoms.